The summed E-state index contributed by atoms with van der Waals surface area (Å²) in [6.07, 6.45) is 6.65. The number of aliphatic carboxylic acids is 2. The summed E-state index contributed by atoms with van der Waals surface area (Å²) >= 11 is 0. The number of nitrogens with one attached hydrogen (secondary N) is 6. The number of ether oxygens (including phenoxy) is 2. The number of carbonyl (C=O) groups excluding carboxylic acids is 4. The lowest BCUT2D eigenvalue weighted by atomic mass is 9.91. The Hall–Kier alpha value is -8.76. The maximum atomic E-state index is 13.0. The molecule has 4 aliphatic rings. The van der Waals surface area contributed by atoms with Gasteiger partial charge in [0.05, 0.1) is 35.2 Å². The number of carbonyl (C=O) groups is 6. The molecule has 6 aromatic rings. The lowest BCUT2D eigenvalue weighted by Gasteiger charge is -2.11. The van der Waals surface area contributed by atoms with Gasteiger partial charge in [0.2, 0.25) is 0 Å². The molecule has 20 nitrogen and oxygen atoms in total. The molecule has 0 atom stereocenters. The number of methoxy groups -OCH3 is 2. The van der Waals surface area contributed by atoms with E-state index in [1.54, 1.807) is 72.8 Å². The van der Waals surface area contributed by atoms with Crippen LogP contribution in [0.3, 0.4) is 0 Å². The summed E-state index contributed by atoms with van der Waals surface area (Å²) < 4.78 is 67.2. The molecule has 0 radical (unpaired) electrons. The van der Waals surface area contributed by atoms with Crippen LogP contribution in [-0.4, -0.2) is 86.6 Å². The molecule has 10 rings (SSSR count). The normalized spacial score (nSPS) is 15.7. The number of H-pyrrole nitrogens is 2. The lowest BCUT2D eigenvalue weighted by Crippen LogP contribution is -2.13. The second kappa shape index (κ2) is 21.2. The van der Waals surface area contributed by atoms with Crippen molar-refractivity contribution in [3.63, 3.8) is 0 Å². The van der Waals surface area contributed by atoms with E-state index in [1.807, 2.05) is 0 Å². The number of carboxylic acid groups (broad SMARTS) is 2. The first-order valence-corrected chi connectivity index (χ1v) is 26.9. The summed E-state index contributed by atoms with van der Waals surface area (Å²) in [5.41, 5.74) is 7.69. The maximum Gasteiger partial charge on any atom is 0.303 e. The minimum atomic E-state index is -3.94. The summed E-state index contributed by atoms with van der Waals surface area (Å²) in [6, 6.07) is 21.5. The van der Waals surface area contributed by atoms with Crippen LogP contribution in [0, 0.1) is 0 Å². The largest absolute Gasteiger partial charge is 0.497 e. The lowest BCUT2D eigenvalue weighted by molar-refractivity contribution is -0.138. The zero-order chi connectivity index (χ0) is 54.1. The van der Waals surface area contributed by atoms with Gasteiger partial charge in [-0.25, -0.2) is 16.8 Å². The molecule has 0 bridgehead atoms. The SMILES string of the molecule is COc1cccc(S(=O)(=O)Nc2ccc3c(c2)C(=Cc2[nH]c4c(c2CCC(=O)O)C(=O)CCC4)C(=O)N3)c1.COc1cccc(S(=O)(=O)Nc2ccc3c(c2)C(=Cc2[nH]c4c(c2CCC(=O)O)C(=O)CCC4)C(=O)N3)c1. The second-order valence-electron chi connectivity index (χ2n) is 18.2. The first kappa shape index (κ1) is 52.1. The first-order chi connectivity index (χ1) is 36.3. The number of ketones is 2. The van der Waals surface area contributed by atoms with E-state index in [2.05, 4.69) is 30.0 Å². The van der Waals surface area contributed by atoms with Crippen molar-refractivity contribution in [2.75, 3.05) is 34.3 Å². The van der Waals surface area contributed by atoms with Crippen LogP contribution in [0.4, 0.5) is 22.7 Å². The number of aryl methyl sites for hydroxylation is 2. The van der Waals surface area contributed by atoms with E-state index in [9.17, 15) is 55.8 Å². The number of sulfonamides is 2. The van der Waals surface area contributed by atoms with Gasteiger partial charge in [-0.1, -0.05) is 12.1 Å². The van der Waals surface area contributed by atoms with E-state index in [0.717, 1.165) is 11.4 Å². The highest BCUT2D eigenvalue weighted by atomic mass is 32.2. The molecule has 0 saturated carbocycles. The number of aromatic amines is 2. The minimum absolute atomic E-state index is 0.0204. The zero-order valence-electron chi connectivity index (χ0n) is 40.9. The van der Waals surface area contributed by atoms with Crippen LogP contribution in [0.25, 0.3) is 23.3 Å². The fourth-order valence-corrected chi connectivity index (χ4v) is 11.8. The zero-order valence-corrected chi connectivity index (χ0v) is 42.6. The van der Waals surface area contributed by atoms with Crippen LogP contribution < -0.4 is 29.6 Å². The van der Waals surface area contributed by atoms with Crippen molar-refractivity contribution in [3.8, 4) is 11.5 Å². The Morgan fingerprint density at radius 3 is 1.37 bits per heavy atom. The number of carboxylic acids is 2. The van der Waals surface area contributed by atoms with Crippen molar-refractivity contribution in [3.05, 3.63) is 141 Å². The quantitative estimate of drug-likeness (QED) is 0.0431. The summed E-state index contributed by atoms with van der Waals surface area (Å²) in [6.45, 7) is 0. The highest BCUT2D eigenvalue weighted by Gasteiger charge is 2.32. The monoisotopic (exact) mass is 1070 g/mol. The number of benzene rings is 4. The third-order valence-electron chi connectivity index (χ3n) is 13.2. The van der Waals surface area contributed by atoms with Crippen molar-refractivity contribution in [1.29, 1.82) is 0 Å². The molecule has 0 saturated heterocycles. The van der Waals surface area contributed by atoms with Crippen LogP contribution in [0.15, 0.2) is 94.7 Å². The number of aromatic nitrogens is 2. The molecule has 0 fully saturated rings. The van der Waals surface area contributed by atoms with Crippen LogP contribution in [0.5, 0.6) is 11.5 Å². The van der Waals surface area contributed by atoms with Crippen LogP contribution in [-0.2, 0) is 64.9 Å². The molecule has 2 aliphatic heterocycles. The number of hydrogen-bond acceptors (Lipinski definition) is 12. The fourth-order valence-electron chi connectivity index (χ4n) is 9.66. The summed E-state index contributed by atoms with van der Waals surface area (Å²) in [5, 5.41) is 24.0. The van der Waals surface area contributed by atoms with E-state index in [0.29, 0.717) is 106 Å². The van der Waals surface area contributed by atoms with Crippen molar-refractivity contribution in [1.82, 2.24) is 9.97 Å². The topological polar surface area (TPSA) is 309 Å². The van der Waals surface area contributed by atoms with Gasteiger partial charge in [-0.15, -0.1) is 0 Å². The van der Waals surface area contributed by atoms with Gasteiger partial charge in [0.15, 0.2) is 11.6 Å². The Balaban J connectivity index is 0.000000186. The fraction of sp³-hybridized carbons (Fsp3) is 0.222. The molecule has 2 aliphatic carbocycles. The molecule has 76 heavy (non-hydrogen) atoms. The maximum absolute atomic E-state index is 13.0. The summed E-state index contributed by atoms with van der Waals surface area (Å²) in [4.78, 5) is 80.2. The third-order valence-corrected chi connectivity index (χ3v) is 16.0. The highest BCUT2D eigenvalue weighted by Crippen LogP contribution is 2.40. The molecule has 4 aromatic carbocycles. The third kappa shape index (κ3) is 10.9. The van der Waals surface area contributed by atoms with Gasteiger partial charge in [-0.05, 0) is 122 Å². The predicted octanol–water partition coefficient (Wildman–Crippen LogP) is 7.71. The van der Waals surface area contributed by atoms with Gasteiger partial charge in [0, 0.05) is 106 Å². The van der Waals surface area contributed by atoms with Gasteiger partial charge in [-0.2, -0.15) is 0 Å². The van der Waals surface area contributed by atoms with Gasteiger partial charge >= 0.3 is 11.9 Å². The summed E-state index contributed by atoms with van der Waals surface area (Å²) in [5.74, 6) is -2.05. The number of hydrogen-bond donors (Lipinski definition) is 8. The van der Waals surface area contributed by atoms with E-state index >= 15 is 0 Å². The van der Waals surface area contributed by atoms with Crippen molar-refractivity contribution in [2.24, 2.45) is 0 Å². The second-order valence-corrected chi connectivity index (χ2v) is 21.6. The molecule has 2 aromatic heterocycles. The number of amides is 2. The van der Waals surface area contributed by atoms with Crippen molar-refractivity contribution < 1.29 is 65.3 Å². The molecule has 2 amide bonds. The van der Waals surface area contributed by atoms with Gasteiger partial charge < -0.3 is 40.3 Å². The molecule has 0 spiro atoms. The Bertz CT molecular complexity index is 3480. The average Bonchev–Trinajstić information content (AvgIpc) is 4.12. The average molecular weight is 1070 g/mol. The van der Waals surface area contributed by atoms with Crippen LogP contribution in [0.1, 0.15) is 104 Å². The molecule has 0 unspecified atom stereocenters. The van der Waals surface area contributed by atoms with Crippen molar-refractivity contribution in [2.45, 2.75) is 74.0 Å². The van der Waals surface area contributed by atoms with Gasteiger partial charge in [0.1, 0.15) is 11.5 Å². The minimum Gasteiger partial charge on any atom is -0.497 e. The predicted molar refractivity (Wildman–Crippen MR) is 282 cm³/mol. The molecular weight excluding hydrogens is 1020 g/mol. The smallest absolute Gasteiger partial charge is 0.303 e. The molecule has 392 valence electrons. The number of fused-ring (bicyclic) bond motifs is 4. The Kier molecular flexibility index (Phi) is 14.6. The molecule has 4 heterocycles. The van der Waals surface area contributed by atoms with E-state index in [1.165, 1.54) is 38.5 Å². The Morgan fingerprint density at radius 1 is 0.579 bits per heavy atom. The number of Topliss-reactive ketones (excluding diaryl/α,β-unsaturated/α-hetero) is 2. The standard InChI is InChI=1S/2C27H25N3O7S/c2*1-37-16-4-2-5-17(13-16)38(35,36)30-15-8-10-21-19(12-15)20(27(34)29-21)14-23-18(9-11-25(32)33)26-22(28-23)6-3-7-24(26)31/h2*2,4-5,8,10,12-14,28,30H,3,6-7,9,11H2,1H3,(H,29,34)(H,32,33). The number of rotatable bonds is 16. The van der Waals surface area contributed by atoms with E-state index < -0.39 is 43.8 Å². The first-order valence-electron chi connectivity index (χ1n) is 24.0. The molecule has 22 heteroatoms. The molecular formula is C54H50N6O14S2. The van der Waals surface area contributed by atoms with Crippen LogP contribution >= 0.6 is 0 Å². The van der Waals surface area contributed by atoms with E-state index in [-0.39, 0.29) is 69.6 Å². The Morgan fingerprint density at radius 2 is 0.987 bits per heavy atom. The van der Waals surface area contributed by atoms with Gasteiger partial charge in [-0.3, -0.25) is 38.2 Å². The van der Waals surface area contributed by atoms with Crippen LogP contribution in [0.2, 0.25) is 0 Å². The molecule has 8 N–H and O–H groups in total. The summed E-state index contributed by atoms with van der Waals surface area (Å²) in [7, 11) is -4.98. The number of anilines is 4. The Labute approximate surface area is 435 Å². The van der Waals surface area contributed by atoms with Gasteiger partial charge in [0.25, 0.3) is 31.9 Å². The van der Waals surface area contributed by atoms with Crippen molar-refractivity contribution >= 4 is 101 Å². The highest BCUT2D eigenvalue weighted by molar-refractivity contribution is 7.93. The van der Waals surface area contributed by atoms with E-state index in [4.69, 9.17) is 9.47 Å².